The molecule has 3 aromatic rings. The molecule has 2 heterocycles. The molecule has 2 aromatic carbocycles. The fraction of sp³-hybridized carbons (Fsp3) is 0.280. The van der Waals surface area contributed by atoms with Crippen LogP contribution in [-0.2, 0) is 9.59 Å². The number of fused-ring (bicyclic) bond motifs is 6. The molecule has 6 nitrogen and oxygen atoms in total. The molecule has 3 fully saturated rings. The number of aromatic carboxylic acids is 1. The van der Waals surface area contributed by atoms with Gasteiger partial charge in [0.2, 0.25) is 11.8 Å². The lowest BCUT2D eigenvalue weighted by molar-refractivity contribution is -0.123. The third kappa shape index (κ3) is 3.16. The molecule has 2 aliphatic carbocycles. The number of carbonyl (C=O) groups excluding carboxylic acids is 2. The lowest BCUT2D eigenvalue weighted by Gasteiger charge is -2.28. The minimum absolute atomic E-state index is 0.123. The van der Waals surface area contributed by atoms with Crippen LogP contribution in [0.2, 0.25) is 0 Å². The van der Waals surface area contributed by atoms with Gasteiger partial charge in [-0.2, -0.15) is 0 Å². The van der Waals surface area contributed by atoms with Gasteiger partial charge in [-0.1, -0.05) is 59.9 Å². The van der Waals surface area contributed by atoms with E-state index in [1.54, 1.807) is 42.5 Å². The number of carbonyl (C=O) groups is 3. The maximum Gasteiger partial charge on any atom is 0.336 e. The van der Waals surface area contributed by atoms with Crippen molar-refractivity contribution in [3.05, 3.63) is 58.6 Å². The Morgan fingerprint density at radius 3 is 2.15 bits per heavy atom. The molecule has 2 bridgehead atoms. The van der Waals surface area contributed by atoms with Crippen LogP contribution in [0.25, 0.3) is 22.2 Å². The Balaban J connectivity index is 1.35. The first-order chi connectivity index (χ1) is 16.3. The van der Waals surface area contributed by atoms with E-state index in [0.29, 0.717) is 27.8 Å². The molecule has 6 atom stereocenters. The molecule has 1 N–H and O–H groups in total. The van der Waals surface area contributed by atoms with Crippen molar-refractivity contribution in [2.24, 2.45) is 23.7 Å². The van der Waals surface area contributed by atoms with Gasteiger partial charge in [0.1, 0.15) is 0 Å². The van der Waals surface area contributed by atoms with Crippen LogP contribution in [0.15, 0.2) is 53.0 Å². The second-order valence-electron chi connectivity index (χ2n) is 9.08. The number of imide groups is 1. The first kappa shape index (κ1) is 22.4. The smallest absolute Gasteiger partial charge is 0.336 e. The van der Waals surface area contributed by atoms with Crippen molar-refractivity contribution in [1.29, 1.82) is 0 Å². The van der Waals surface area contributed by atoms with Crippen molar-refractivity contribution in [1.82, 2.24) is 4.98 Å². The van der Waals surface area contributed by atoms with Gasteiger partial charge in [0.15, 0.2) is 0 Å². The molecule has 9 heteroatoms. The van der Waals surface area contributed by atoms with Gasteiger partial charge in [0.05, 0.1) is 34.3 Å². The molecule has 6 unspecified atom stereocenters. The van der Waals surface area contributed by atoms with Crippen molar-refractivity contribution >= 4 is 82.2 Å². The monoisotopic (exact) mass is 646 g/mol. The highest BCUT2D eigenvalue weighted by Crippen LogP contribution is 2.60. The Morgan fingerprint density at radius 2 is 1.56 bits per heavy atom. The summed E-state index contributed by atoms with van der Waals surface area (Å²) >= 11 is 10.8. The van der Waals surface area contributed by atoms with Crippen molar-refractivity contribution in [3.63, 3.8) is 0 Å². The lowest BCUT2D eigenvalue weighted by Crippen LogP contribution is -2.37. The zero-order chi connectivity index (χ0) is 23.9. The number of rotatable bonds is 3. The number of carboxylic acid groups (broad SMARTS) is 1. The highest BCUT2D eigenvalue weighted by Gasteiger charge is 2.66. The van der Waals surface area contributed by atoms with E-state index >= 15 is 0 Å². The number of halogens is 3. The molecule has 2 amide bonds. The van der Waals surface area contributed by atoms with Gasteiger partial charge in [-0.15, -0.1) is 0 Å². The van der Waals surface area contributed by atoms with E-state index in [2.05, 4.69) is 52.8 Å². The summed E-state index contributed by atoms with van der Waals surface area (Å²) in [5.41, 5.74) is 2.48. The number of aromatic nitrogens is 1. The molecule has 6 rings (SSSR count). The highest BCUT2D eigenvalue weighted by molar-refractivity contribution is 9.12. The number of hydrogen-bond donors (Lipinski definition) is 1. The van der Waals surface area contributed by atoms with Crippen LogP contribution in [0.1, 0.15) is 16.8 Å². The summed E-state index contributed by atoms with van der Waals surface area (Å²) in [6.07, 6.45) is 0.890. The van der Waals surface area contributed by atoms with Gasteiger partial charge in [0.25, 0.3) is 0 Å². The maximum absolute atomic E-state index is 13.3. The molecule has 172 valence electrons. The summed E-state index contributed by atoms with van der Waals surface area (Å²) in [4.78, 5) is 44.8. The maximum atomic E-state index is 13.3. The molecule has 1 saturated heterocycles. The molecule has 0 spiro atoms. The average molecular weight is 649 g/mol. The zero-order valence-corrected chi connectivity index (χ0v) is 22.2. The van der Waals surface area contributed by atoms with Gasteiger partial charge in [-0.25, -0.2) is 9.78 Å². The lowest BCUT2D eigenvalue weighted by atomic mass is 9.81. The van der Waals surface area contributed by atoms with Crippen LogP contribution in [0.5, 0.6) is 0 Å². The Hall–Kier alpha value is -2.10. The second-order valence-corrected chi connectivity index (χ2v) is 12.1. The van der Waals surface area contributed by atoms with E-state index in [1.807, 2.05) is 6.07 Å². The third-order valence-electron chi connectivity index (χ3n) is 7.41. The fourth-order valence-corrected chi connectivity index (χ4v) is 8.14. The van der Waals surface area contributed by atoms with Gasteiger partial charge >= 0.3 is 5.97 Å². The van der Waals surface area contributed by atoms with Crippen LogP contribution in [0.4, 0.5) is 5.69 Å². The van der Waals surface area contributed by atoms with Crippen molar-refractivity contribution in [3.8, 4) is 11.3 Å². The topological polar surface area (TPSA) is 87.6 Å². The number of hydrogen-bond acceptors (Lipinski definition) is 4. The van der Waals surface area contributed by atoms with Crippen molar-refractivity contribution in [2.75, 3.05) is 4.90 Å². The molecule has 34 heavy (non-hydrogen) atoms. The first-order valence-electron chi connectivity index (χ1n) is 10.9. The SMILES string of the molecule is O=C(O)c1cc(-c2ccc(N3C(=O)C4C5CC(C(Br)C5Br)C4C3=O)cc2)nc2ccc(Br)cc12. The van der Waals surface area contributed by atoms with Crippen molar-refractivity contribution in [2.45, 2.75) is 16.1 Å². The number of anilines is 1. The van der Waals surface area contributed by atoms with Crippen LogP contribution >= 0.6 is 47.8 Å². The third-order valence-corrected chi connectivity index (χ3v) is 11.1. The molecular formula is C25H17Br3N2O4. The first-order valence-corrected chi connectivity index (χ1v) is 13.5. The van der Waals surface area contributed by atoms with Gasteiger partial charge in [-0.3, -0.25) is 14.5 Å². The summed E-state index contributed by atoms with van der Waals surface area (Å²) in [5, 5.41) is 10.3. The Labute approximate surface area is 220 Å². The molecule has 1 aliphatic heterocycles. The zero-order valence-electron chi connectivity index (χ0n) is 17.5. The van der Waals surface area contributed by atoms with Gasteiger partial charge in [0, 0.05) is 25.1 Å². The van der Waals surface area contributed by atoms with E-state index in [-0.39, 0.29) is 50.7 Å². The van der Waals surface area contributed by atoms with Crippen molar-refractivity contribution < 1.29 is 19.5 Å². The largest absolute Gasteiger partial charge is 0.478 e. The Morgan fingerprint density at radius 1 is 0.941 bits per heavy atom. The van der Waals surface area contributed by atoms with E-state index in [0.717, 1.165) is 10.9 Å². The number of nitrogens with zero attached hydrogens (tertiary/aromatic N) is 2. The normalized spacial score (nSPS) is 29.8. The quantitative estimate of drug-likeness (QED) is 0.293. The molecule has 0 radical (unpaired) electrons. The van der Waals surface area contributed by atoms with E-state index in [1.165, 1.54) is 4.90 Å². The fourth-order valence-electron chi connectivity index (χ4n) is 5.91. The Bertz CT molecular complexity index is 1360. The highest BCUT2D eigenvalue weighted by atomic mass is 79.9. The summed E-state index contributed by atoms with van der Waals surface area (Å²) in [6, 6.07) is 13.9. The molecule has 2 saturated carbocycles. The number of alkyl halides is 2. The predicted octanol–water partition coefficient (Wildman–Crippen LogP) is 5.64. The van der Waals surface area contributed by atoms with Gasteiger partial charge < -0.3 is 5.11 Å². The molecular weight excluding hydrogens is 632 g/mol. The van der Waals surface area contributed by atoms with E-state index < -0.39 is 5.97 Å². The van der Waals surface area contributed by atoms with Crippen LogP contribution in [-0.4, -0.2) is 37.5 Å². The number of pyridine rings is 1. The second kappa shape index (κ2) is 7.96. The molecule has 3 aliphatic rings. The Kier molecular flexibility index (Phi) is 5.24. The number of benzene rings is 2. The molecule has 1 aromatic heterocycles. The summed E-state index contributed by atoms with van der Waals surface area (Å²) < 4.78 is 0.775. The standard InChI is InChI=1S/C25H17Br3N2O4/c26-11-3-6-17-13(7-11)14(25(33)34)9-18(29-17)10-1-4-12(5-2-10)30-23(31)19-15-8-16(20(19)24(30)32)22(28)21(15)27/h1-7,9,15-16,19-22H,8H2,(H,33,34). The summed E-state index contributed by atoms with van der Waals surface area (Å²) in [6.45, 7) is 0. The van der Waals surface area contributed by atoms with Crippen LogP contribution in [0.3, 0.4) is 0 Å². The van der Waals surface area contributed by atoms with E-state index in [4.69, 9.17) is 0 Å². The van der Waals surface area contributed by atoms with E-state index in [9.17, 15) is 19.5 Å². The minimum atomic E-state index is -1.03. The van der Waals surface area contributed by atoms with Gasteiger partial charge in [-0.05, 0) is 54.7 Å². The number of amides is 2. The number of carboxylic acids is 1. The predicted molar refractivity (Wildman–Crippen MR) is 138 cm³/mol. The van der Waals surface area contributed by atoms with Crippen LogP contribution in [0, 0.1) is 23.7 Å². The minimum Gasteiger partial charge on any atom is -0.478 e. The summed E-state index contributed by atoms with van der Waals surface area (Å²) in [5.74, 6) is -1.49. The van der Waals surface area contributed by atoms with Crippen LogP contribution < -0.4 is 4.90 Å². The average Bonchev–Trinajstić information content (AvgIpc) is 3.43. The summed E-state index contributed by atoms with van der Waals surface area (Å²) in [7, 11) is 0.